The molecule has 0 spiro atoms. The summed E-state index contributed by atoms with van der Waals surface area (Å²) >= 11 is 0. The molecule has 1 N–H and O–H groups in total. The molecule has 0 aliphatic carbocycles. The number of benzene rings is 2. The first-order chi connectivity index (χ1) is 10.5. The number of nitrogens with one attached hydrogen (secondary N) is 1. The first-order valence-corrected chi connectivity index (χ1v) is 7.14. The molecule has 22 heavy (non-hydrogen) atoms. The Bertz CT molecular complexity index is 663. The highest BCUT2D eigenvalue weighted by molar-refractivity contribution is 5.49. The van der Waals surface area contributed by atoms with Crippen molar-refractivity contribution in [2.75, 3.05) is 12.4 Å². The molecule has 0 amide bonds. The van der Waals surface area contributed by atoms with Crippen molar-refractivity contribution in [3.63, 3.8) is 0 Å². The molecule has 0 saturated carbocycles. The van der Waals surface area contributed by atoms with E-state index in [4.69, 9.17) is 0 Å². The van der Waals surface area contributed by atoms with Crippen molar-refractivity contribution in [2.24, 2.45) is 0 Å². The van der Waals surface area contributed by atoms with Crippen LogP contribution in [0.25, 0.3) is 0 Å². The number of nitrogens with zero attached hydrogens (tertiary/aromatic N) is 1. The van der Waals surface area contributed by atoms with Gasteiger partial charge in [-0.3, -0.25) is 4.90 Å². The summed E-state index contributed by atoms with van der Waals surface area (Å²) in [6, 6.07) is 11.7. The number of alkyl halides is 3. The first-order valence-electron chi connectivity index (χ1n) is 7.14. The van der Waals surface area contributed by atoms with Gasteiger partial charge in [0.2, 0.25) is 0 Å². The van der Waals surface area contributed by atoms with Crippen LogP contribution >= 0.6 is 0 Å². The molecule has 1 aliphatic heterocycles. The van der Waals surface area contributed by atoms with Crippen molar-refractivity contribution in [1.82, 2.24) is 4.90 Å². The van der Waals surface area contributed by atoms with Crippen molar-refractivity contribution in [1.29, 1.82) is 0 Å². The highest BCUT2D eigenvalue weighted by Crippen LogP contribution is 2.30. The molecule has 0 atom stereocenters. The Kier molecular flexibility index (Phi) is 3.83. The van der Waals surface area contributed by atoms with E-state index < -0.39 is 11.7 Å². The third-order valence-electron chi connectivity index (χ3n) is 3.97. The van der Waals surface area contributed by atoms with Gasteiger partial charge < -0.3 is 5.32 Å². The fraction of sp³-hybridized carbons (Fsp3) is 0.294. The predicted octanol–water partition coefficient (Wildman–Crippen LogP) is 4.26. The van der Waals surface area contributed by atoms with E-state index in [0.717, 1.165) is 36.5 Å². The number of halogens is 3. The molecule has 1 heterocycles. The van der Waals surface area contributed by atoms with Gasteiger partial charge in [0.1, 0.15) is 0 Å². The maximum Gasteiger partial charge on any atom is 0.416 e. The van der Waals surface area contributed by atoms with Gasteiger partial charge in [0, 0.05) is 32.4 Å². The van der Waals surface area contributed by atoms with Crippen LogP contribution in [0.3, 0.4) is 0 Å². The minimum atomic E-state index is -4.27. The number of fused-ring (bicyclic) bond motifs is 1. The SMILES string of the molecule is CNc1ccc2c(c1)CN(Cc1ccc(C(F)(F)F)cc1)C2. The quantitative estimate of drug-likeness (QED) is 0.911. The number of rotatable bonds is 3. The second-order valence-electron chi connectivity index (χ2n) is 5.57. The standard InChI is InChI=1S/C17H17F3N2/c1-21-16-7-4-13-10-22(11-14(13)8-16)9-12-2-5-15(6-3-12)17(18,19)20/h2-8,21H,9-11H2,1H3. The third kappa shape index (κ3) is 3.09. The van der Waals surface area contributed by atoms with Gasteiger partial charge >= 0.3 is 6.18 Å². The second kappa shape index (κ2) is 5.65. The van der Waals surface area contributed by atoms with Crippen molar-refractivity contribution >= 4 is 5.69 Å². The van der Waals surface area contributed by atoms with Crippen molar-refractivity contribution in [2.45, 2.75) is 25.8 Å². The van der Waals surface area contributed by atoms with Crippen molar-refractivity contribution < 1.29 is 13.2 Å². The van der Waals surface area contributed by atoms with Crippen LogP contribution in [0, 0.1) is 0 Å². The molecule has 5 heteroatoms. The second-order valence-corrected chi connectivity index (χ2v) is 5.57. The van der Waals surface area contributed by atoms with Crippen LogP contribution in [0.15, 0.2) is 42.5 Å². The Morgan fingerprint density at radius 2 is 1.68 bits per heavy atom. The van der Waals surface area contributed by atoms with Crippen molar-refractivity contribution in [3.8, 4) is 0 Å². The van der Waals surface area contributed by atoms with Crippen LogP contribution in [0.4, 0.5) is 18.9 Å². The Labute approximate surface area is 127 Å². The van der Waals surface area contributed by atoms with Crippen LogP contribution in [-0.2, 0) is 25.8 Å². The van der Waals surface area contributed by atoms with E-state index in [-0.39, 0.29) is 0 Å². The summed E-state index contributed by atoms with van der Waals surface area (Å²) in [4.78, 5) is 2.23. The Morgan fingerprint density at radius 3 is 2.32 bits per heavy atom. The zero-order valence-corrected chi connectivity index (χ0v) is 12.2. The zero-order chi connectivity index (χ0) is 15.7. The van der Waals surface area contributed by atoms with Crippen LogP contribution in [0.1, 0.15) is 22.3 Å². The van der Waals surface area contributed by atoms with Crippen LogP contribution in [-0.4, -0.2) is 11.9 Å². The summed E-state index contributed by atoms with van der Waals surface area (Å²) in [6.45, 7) is 2.31. The maximum absolute atomic E-state index is 12.6. The summed E-state index contributed by atoms with van der Waals surface area (Å²) < 4.78 is 37.7. The smallest absolute Gasteiger partial charge is 0.388 e. The van der Waals surface area contributed by atoms with Gasteiger partial charge in [-0.15, -0.1) is 0 Å². The van der Waals surface area contributed by atoms with Gasteiger partial charge in [-0.25, -0.2) is 0 Å². The Morgan fingerprint density at radius 1 is 1.00 bits per heavy atom. The molecule has 0 fully saturated rings. The lowest BCUT2D eigenvalue weighted by atomic mass is 10.1. The average molecular weight is 306 g/mol. The van der Waals surface area contributed by atoms with Gasteiger partial charge in [0.25, 0.3) is 0 Å². The number of hydrogen-bond donors (Lipinski definition) is 1. The summed E-state index contributed by atoms with van der Waals surface area (Å²) in [5.74, 6) is 0. The fourth-order valence-electron chi connectivity index (χ4n) is 2.79. The highest BCUT2D eigenvalue weighted by Gasteiger charge is 2.30. The molecule has 2 aromatic rings. The lowest BCUT2D eigenvalue weighted by molar-refractivity contribution is -0.137. The van der Waals surface area contributed by atoms with Crippen LogP contribution < -0.4 is 5.32 Å². The van der Waals surface area contributed by atoms with Gasteiger partial charge in [0.15, 0.2) is 0 Å². The number of anilines is 1. The molecule has 116 valence electrons. The molecule has 0 aromatic heterocycles. The van der Waals surface area contributed by atoms with E-state index in [1.807, 2.05) is 13.1 Å². The summed E-state index contributed by atoms with van der Waals surface area (Å²) in [6.07, 6.45) is -4.27. The molecule has 1 aliphatic rings. The minimum absolute atomic E-state index is 0.598. The van der Waals surface area contributed by atoms with E-state index in [1.165, 1.54) is 11.1 Å². The third-order valence-corrected chi connectivity index (χ3v) is 3.97. The van der Waals surface area contributed by atoms with E-state index in [2.05, 4.69) is 22.3 Å². The first kappa shape index (κ1) is 14.9. The molecule has 3 rings (SSSR count). The van der Waals surface area contributed by atoms with E-state index >= 15 is 0 Å². The number of hydrogen-bond acceptors (Lipinski definition) is 2. The maximum atomic E-state index is 12.6. The Balaban J connectivity index is 1.68. The molecular weight excluding hydrogens is 289 g/mol. The lowest BCUT2D eigenvalue weighted by Crippen LogP contribution is -2.15. The Hall–Kier alpha value is -2.01. The molecular formula is C17H17F3N2. The minimum Gasteiger partial charge on any atom is -0.388 e. The van der Waals surface area contributed by atoms with E-state index in [0.29, 0.717) is 6.54 Å². The molecule has 0 bridgehead atoms. The predicted molar refractivity (Wildman–Crippen MR) is 80.4 cm³/mol. The normalized spacial score (nSPS) is 14.9. The summed E-state index contributed by atoms with van der Waals surface area (Å²) in [5, 5.41) is 3.12. The van der Waals surface area contributed by atoms with Gasteiger partial charge in [-0.05, 0) is 41.0 Å². The van der Waals surface area contributed by atoms with E-state index in [9.17, 15) is 13.2 Å². The molecule has 0 unspecified atom stereocenters. The molecule has 2 aromatic carbocycles. The fourth-order valence-corrected chi connectivity index (χ4v) is 2.79. The monoisotopic (exact) mass is 306 g/mol. The largest absolute Gasteiger partial charge is 0.416 e. The average Bonchev–Trinajstić information content (AvgIpc) is 2.88. The van der Waals surface area contributed by atoms with Gasteiger partial charge in [-0.2, -0.15) is 13.2 Å². The lowest BCUT2D eigenvalue weighted by Gasteiger charge is -2.15. The molecule has 2 nitrogen and oxygen atoms in total. The van der Waals surface area contributed by atoms with Crippen LogP contribution in [0.2, 0.25) is 0 Å². The van der Waals surface area contributed by atoms with Gasteiger partial charge in [0.05, 0.1) is 5.56 Å². The highest BCUT2D eigenvalue weighted by atomic mass is 19.4. The topological polar surface area (TPSA) is 15.3 Å². The zero-order valence-electron chi connectivity index (χ0n) is 12.2. The molecule has 0 radical (unpaired) electrons. The molecule has 0 saturated heterocycles. The van der Waals surface area contributed by atoms with Gasteiger partial charge in [-0.1, -0.05) is 18.2 Å². The summed E-state index contributed by atoms with van der Waals surface area (Å²) in [7, 11) is 1.89. The van der Waals surface area contributed by atoms with Crippen LogP contribution in [0.5, 0.6) is 0 Å². The summed E-state index contributed by atoms with van der Waals surface area (Å²) in [5.41, 5.74) is 3.94. The van der Waals surface area contributed by atoms with Crippen molar-refractivity contribution in [3.05, 3.63) is 64.7 Å². The van der Waals surface area contributed by atoms with E-state index in [1.54, 1.807) is 12.1 Å².